The Morgan fingerprint density at radius 1 is 1.00 bits per heavy atom. The summed E-state index contributed by atoms with van der Waals surface area (Å²) >= 11 is 0. The molecule has 2 heteroatoms. The van der Waals surface area contributed by atoms with Crippen molar-refractivity contribution < 1.29 is 10.2 Å². The Balaban J connectivity index is 2.43. The van der Waals surface area contributed by atoms with Crippen molar-refractivity contribution >= 4 is 0 Å². The Bertz CT molecular complexity index is 113. The van der Waals surface area contributed by atoms with Gasteiger partial charge in [-0.3, -0.25) is 0 Å². The molecule has 11 heavy (non-hydrogen) atoms. The molecule has 0 aliphatic heterocycles. The highest BCUT2D eigenvalue weighted by molar-refractivity contribution is 4.79. The third-order valence-corrected chi connectivity index (χ3v) is 2.64. The molecule has 0 aromatic heterocycles. The van der Waals surface area contributed by atoms with Crippen LogP contribution < -0.4 is 0 Å². The van der Waals surface area contributed by atoms with Crippen molar-refractivity contribution in [1.82, 2.24) is 0 Å². The minimum Gasteiger partial charge on any atom is -0.393 e. The van der Waals surface area contributed by atoms with Gasteiger partial charge in [-0.15, -0.1) is 0 Å². The highest BCUT2D eigenvalue weighted by Crippen LogP contribution is 2.29. The summed E-state index contributed by atoms with van der Waals surface area (Å²) in [5.41, 5.74) is 0. The van der Waals surface area contributed by atoms with Crippen LogP contribution in [0.15, 0.2) is 0 Å². The number of rotatable bonds is 1. The molecule has 1 rings (SSSR count). The third-order valence-electron chi connectivity index (χ3n) is 2.64. The van der Waals surface area contributed by atoms with E-state index >= 15 is 0 Å². The lowest BCUT2D eigenvalue weighted by molar-refractivity contribution is 0.00305. The maximum Gasteiger partial charge on any atom is 0.0567 e. The predicted octanol–water partition coefficient (Wildman–Crippen LogP) is 1.16. The zero-order valence-corrected chi connectivity index (χ0v) is 7.33. The molecule has 0 spiro atoms. The third kappa shape index (κ3) is 2.46. The molecule has 2 N–H and O–H groups in total. The van der Waals surface area contributed by atoms with Gasteiger partial charge in [-0.1, -0.05) is 13.8 Å². The second-order valence-electron chi connectivity index (χ2n) is 4.02. The normalized spacial score (nSPS) is 39.5. The Hall–Kier alpha value is -0.0800. The highest BCUT2D eigenvalue weighted by atomic mass is 16.3. The molecule has 0 heterocycles. The van der Waals surface area contributed by atoms with E-state index in [0.717, 1.165) is 12.8 Å². The van der Waals surface area contributed by atoms with Crippen LogP contribution in [-0.4, -0.2) is 22.4 Å². The first kappa shape index (κ1) is 9.01. The van der Waals surface area contributed by atoms with E-state index in [1.54, 1.807) is 0 Å². The summed E-state index contributed by atoms with van der Waals surface area (Å²) in [6.07, 6.45) is 1.77. The first-order valence-electron chi connectivity index (χ1n) is 4.45. The van der Waals surface area contributed by atoms with Crippen LogP contribution in [0.4, 0.5) is 0 Å². The number of aliphatic hydroxyl groups is 2. The average Bonchev–Trinajstić information content (AvgIpc) is 1.85. The SMILES string of the molecule is CC(C)C1CC(O)CC(O)C1. The van der Waals surface area contributed by atoms with Gasteiger partial charge >= 0.3 is 0 Å². The molecule has 0 radical (unpaired) electrons. The van der Waals surface area contributed by atoms with Crippen molar-refractivity contribution in [3.63, 3.8) is 0 Å². The van der Waals surface area contributed by atoms with E-state index in [4.69, 9.17) is 0 Å². The van der Waals surface area contributed by atoms with Gasteiger partial charge in [0.1, 0.15) is 0 Å². The molecule has 1 aliphatic carbocycles. The minimum atomic E-state index is -0.272. The molecule has 0 aromatic carbocycles. The highest BCUT2D eigenvalue weighted by Gasteiger charge is 2.27. The van der Waals surface area contributed by atoms with Crippen LogP contribution in [0.25, 0.3) is 0 Å². The summed E-state index contributed by atoms with van der Waals surface area (Å²) in [5.74, 6) is 1.09. The van der Waals surface area contributed by atoms with E-state index in [1.807, 2.05) is 0 Å². The van der Waals surface area contributed by atoms with E-state index in [2.05, 4.69) is 13.8 Å². The number of aliphatic hydroxyl groups excluding tert-OH is 2. The van der Waals surface area contributed by atoms with E-state index in [1.165, 1.54) is 0 Å². The monoisotopic (exact) mass is 158 g/mol. The number of hydrogen-bond acceptors (Lipinski definition) is 2. The largest absolute Gasteiger partial charge is 0.393 e. The molecule has 0 bridgehead atoms. The van der Waals surface area contributed by atoms with Crippen molar-refractivity contribution in [3.05, 3.63) is 0 Å². The van der Waals surface area contributed by atoms with Gasteiger partial charge in [-0.2, -0.15) is 0 Å². The van der Waals surface area contributed by atoms with Crippen molar-refractivity contribution in [2.45, 2.75) is 45.3 Å². The molecule has 2 unspecified atom stereocenters. The van der Waals surface area contributed by atoms with Gasteiger partial charge in [-0.25, -0.2) is 0 Å². The molecule has 2 nitrogen and oxygen atoms in total. The maximum absolute atomic E-state index is 9.34. The van der Waals surface area contributed by atoms with Crippen LogP contribution >= 0.6 is 0 Å². The summed E-state index contributed by atoms with van der Waals surface area (Å²) < 4.78 is 0. The Kier molecular flexibility index (Phi) is 2.90. The molecular formula is C9H18O2. The van der Waals surface area contributed by atoms with Gasteiger partial charge in [-0.05, 0) is 31.1 Å². The molecule has 0 aromatic rings. The second-order valence-corrected chi connectivity index (χ2v) is 4.02. The van der Waals surface area contributed by atoms with Crippen molar-refractivity contribution in [2.24, 2.45) is 11.8 Å². The van der Waals surface area contributed by atoms with Gasteiger partial charge in [0.25, 0.3) is 0 Å². The summed E-state index contributed by atoms with van der Waals surface area (Å²) in [6.45, 7) is 4.30. The van der Waals surface area contributed by atoms with E-state index in [-0.39, 0.29) is 12.2 Å². The van der Waals surface area contributed by atoms with Crippen molar-refractivity contribution in [3.8, 4) is 0 Å². The standard InChI is InChI=1S/C9H18O2/c1-6(2)7-3-8(10)5-9(11)4-7/h6-11H,3-5H2,1-2H3. The molecular weight excluding hydrogens is 140 g/mol. The van der Waals surface area contributed by atoms with Gasteiger partial charge in [0, 0.05) is 0 Å². The van der Waals surface area contributed by atoms with Crippen molar-refractivity contribution in [1.29, 1.82) is 0 Å². The smallest absolute Gasteiger partial charge is 0.0567 e. The summed E-state index contributed by atoms with van der Waals surface area (Å²) in [4.78, 5) is 0. The fourth-order valence-corrected chi connectivity index (χ4v) is 1.85. The summed E-state index contributed by atoms with van der Waals surface area (Å²) in [5, 5.41) is 18.7. The fraction of sp³-hybridized carbons (Fsp3) is 1.00. The average molecular weight is 158 g/mol. The van der Waals surface area contributed by atoms with E-state index in [0.29, 0.717) is 18.3 Å². The van der Waals surface area contributed by atoms with Crippen LogP contribution in [0.3, 0.4) is 0 Å². The molecule has 1 fully saturated rings. The molecule has 0 saturated heterocycles. The molecule has 0 amide bonds. The van der Waals surface area contributed by atoms with Gasteiger partial charge in [0.2, 0.25) is 0 Å². The Morgan fingerprint density at radius 2 is 1.45 bits per heavy atom. The van der Waals surface area contributed by atoms with Crippen LogP contribution in [0, 0.1) is 11.8 Å². The summed E-state index contributed by atoms with van der Waals surface area (Å²) in [6, 6.07) is 0. The Labute approximate surface area is 68.2 Å². The summed E-state index contributed by atoms with van der Waals surface area (Å²) in [7, 11) is 0. The molecule has 66 valence electrons. The molecule has 1 saturated carbocycles. The van der Waals surface area contributed by atoms with Crippen LogP contribution in [0.1, 0.15) is 33.1 Å². The zero-order valence-electron chi connectivity index (χ0n) is 7.33. The predicted molar refractivity (Wildman–Crippen MR) is 44.2 cm³/mol. The van der Waals surface area contributed by atoms with Gasteiger partial charge < -0.3 is 10.2 Å². The fourth-order valence-electron chi connectivity index (χ4n) is 1.85. The molecule has 2 atom stereocenters. The quantitative estimate of drug-likeness (QED) is 0.601. The lowest BCUT2D eigenvalue weighted by atomic mass is 9.79. The minimum absolute atomic E-state index is 0.272. The van der Waals surface area contributed by atoms with Crippen LogP contribution in [0.2, 0.25) is 0 Å². The topological polar surface area (TPSA) is 40.5 Å². The second kappa shape index (κ2) is 3.55. The van der Waals surface area contributed by atoms with Crippen LogP contribution in [-0.2, 0) is 0 Å². The zero-order chi connectivity index (χ0) is 8.43. The maximum atomic E-state index is 9.34. The van der Waals surface area contributed by atoms with Gasteiger partial charge in [0.15, 0.2) is 0 Å². The van der Waals surface area contributed by atoms with E-state index in [9.17, 15) is 10.2 Å². The van der Waals surface area contributed by atoms with Crippen LogP contribution in [0.5, 0.6) is 0 Å². The van der Waals surface area contributed by atoms with E-state index < -0.39 is 0 Å². The lowest BCUT2D eigenvalue weighted by Crippen LogP contribution is -2.31. The lowest BCUT2D eigenvalue weighted by Gasteiger charge is -2.32. The van der Waals surface area contributed by atoms with Gasteiger partial charge in [0.05, 0.1) is 12.2 Å². The first-order chi connectivity index (χ1) is 5.09. The number of hydrogen-bond donors (Lipinski definition) is 2. The Morgan fingerprint density at radius 3 is 1.82 bits per heavy atom. The molecule has 1 aliphatic rings. The van der Waals surface area contributed by atoms with Crippen molar-refractivity contribution in [2.75, 3.05) is 0 Å². The first-order valence-corrected chi connectivity index (χ1v) is 4.45.